The number of fused-ring (bicyclic) bond motifs is 3. The van der Waals surface area contributed by atoms with E-state index in [2.05, 4.69) is 24.8 Å². The number of hydrogen-bond donors (Lipinski definition) is 1. The number of rotatable bonds is 4. The molecule has 2 bridgehead atoms. The molecule has 2 aliphatic heterocycles. The van der Waals surface area contributed by atoms with Crippen LogP contribution in [0.4, 0.5) is 5.82 Å². The summed E-state index contributed by atoms with van der Waals surface area (Å²) in [5, 5.41) is 1.02. The van der Waals surface area contributed by atoms with Crippen LogP contribution in [0.25, 0.3) is 11.0 Å². The Morgan fingerprint density at radius 3 is 2.48 bits per heavy atom. The summed E-state index contributed by atoms with van der Waals surface area (Å²) in [5.74, 6) is 1.15. The van der Waals surface area contributed by atoms with Gasteiger partial charge in [0, 0.05) is 31.3 Å². The molecule has 0 saturated carbocycles. The second-order valence-corrected chi connectivity index (χ2v) is 8.02. The molecule has 2 aliphatic rings. The monoisotopic (exact) mass is 389 g/mol. The summed E-state index contributed by atoms with van der Waals surface area (Å²) in [6.07, 6.45) is 5.90. The van der Waals surface area contributed by atoms with Gasteiger partial charge in [0.05, 0.1) is 17.5 Å². The lowest BCUT2D eigenvalue weighted by Gasteiger charge is -2.41. The van der Waals surface area contributed by atoms with Gasteiger partial charge in [0.2, 0.25) is 0 Å². The average molecular weight is 389 g/mol. The molecule has 7 nitrogen and oxygen atoms in total. The molecular formula is C22H23N5O2. The van der Waals surface area contributed by atoms with Gasteiger partial charge in [-0.3, -0.25) is 9.59 Å². The minimum atomic E-state index is 0.0843. The SMILES string of the molecule is CC(=O)Cc1ccc(C(=O)N2[C@@H]3CC[C@@H]2CN(c2ncnc4[nH]ccc24)C3)cc1. The van der Waals surface area contributed by atoms with Crippen LogP contribution in [0.2, 0.25) is 0 Å². The first-order valence-electron chi connectivity index (χ1n) is 10.0. The highest BCUT2D eigenvalue weighted by atomic mass is 16.2. The van der Waals surface area contributed by atoms with Gasteiger partial charge < -0.3 is 14.8 Å². The zero-order valence-corrected chi connectivity index (χ0v) is 16.3. The maximum absolute atomic E-state index is 13.2. The highest BCUT2D eigenvalue weighted by Gasteiger charge is 2.43. The highest BCUT2D eigenvalue weighted by Crippen LogP contribution is 2.35. The minimum absolute atomic E-state index is 0.0843. The number of ketones is 1. The van der Waals surface area contributed by atoms with Gasteiger partial charge in [-0.2, -0.15) is 0 Å². The Bertz CT molecular complexity index is 1060. The lowest BCUT2D eigenvalue weighted by atomic mass is 10.0. The summed E-state index contributed by atoms with van der Waals surface area (Å²) in [7, 11) is 0. The van der Waals surface area contributed by atoms with E-state index in [1.54, 1.807) is 13.3 Å². The average Bonchev–Trinajstić information content (AvgIpc) is 3.29. The van der Waals surface area contributed by atoms with Crippen LogP contribution in [0.15, 0.2) is 42.9 Å². The Balaban J connectivity index is 1.36. The molecule has 4 heterocycles. The first-order valence-corrected chi connectivity index (χ1v) is 10.0. The number of benzene rings is 1. The van der Waals surface area contributed by atoms with Gasteiger partial charge in [-0.15, -0.1) is 0 Å². The highest BCUT2D eigenvalue weighted by molar-refractivity contribution is 5.95. The fourth-order valence-corrected chi connectivity index (χ4v) is 4.72. The predicted molar refractivity (Wildman–Crippen MR) is 110 cm³/mol. The number of anilines is 1. The van der Waals surface area contributed by atoms with Crippen molar-refractivity contribution in [3.8, 4) is 0 Å². The first-order chi connectivity index (χ1) is 14.1. The van der Waals surface area contributed by atoms with Crippen LogP contribution in [-0.4, -0.2) is 56.7 Å². The van der Waals surface area contributed by atoms with E-state index >= 15 is 0 Å². The Labute approximate surface area is 168 Å². The fourth-order valence-electron chi connectivity index (χ4n) is 4.72. The summed E-state index contributed by atoms with van der Waals surface area (Å²) in [6, 6.07) is 9.84. The van der Waals surface area contributed by atoms with Crippen molar-refractivity contribution < 1.29 is 9.59 Å². The zero-order chi connectivity index (χ0) is 20.0. The maximum atomic E-state index is 13.2. The van der Waals surface area contributed by atoms with Crippen LogP contribution in [0.5, 0.6) is 0 Å². The number of Topliss-reactive ketones (excluding diaryl/α,β-unsaturated/α-hetero) is 1. The summed E-state index contributed by atoms with van der Waals surface area (Å²) >= 11 is 0. The number of carbonyl (C=O) groups excluding carboxylic acids is 2. The normalized spacial score (nSPS) is 21.0. The number of amides is 1. The summed E-state index contributed by atoms with van der Waals surface area (Å²) in [5.41, 5.74) is 2.48. The van der Waals surface area contributed by atoms with Gasteiger partial charge in [-0.25, -0.2) is 9.97 Å². The molecule has 2 fully saturated rings. The predicted octanol–water partition coefficient (Wildman–Crippen LogP) is 2.58. The fraction of sp³-hybridized carbons (Fsp3) is 0.364. The number of nitrogens with one attached hydrogen (secondary N) is 1. The summed E-state index contributed by atoms with van der Waals surface area (Å²) in [4.78, 5) is 40.8. The number of piperazine rings is 1. The van der Waals surface area contributed by atoms with Crippen molar-refractivity contribution in [2.24, 2.45) is 0 Å². The molecule has 29 heavy (non-hydrogen) atoms. The molecule has 0 aliphatic carbocycles. The third kappa shape index (κ3) is 3.16. The van der Waals surface area contributed by atoms with Crippen molar-refractivity contribution in [2.75, 3.05) is 18.0 Å². The molecule has 148 valence electrons. The van der Waals surface area contributed by atoms with Crippen molar-refractivity contribution in [1.82, 2.24) is 19.9 Å². The molecule has 2 atom stereocenters. The number of aromatic nitrogens is 3. The van der Waals surface area contributed by atoms with E-state index < -0.39 is 0 Å². The molecule has 3 aromatic rings. The van der Waals surface area contributed by atoms with Crippen LogP contribution in [0.1, 0.15) is 35.7 Å². The number of carbonyl (C=O) groups is 2. The molecule has 0 radical (unpaired) electrons. The maximum Gasteiger partial charge on any atom is 0.254 e. The Kier molecular flexibility index (Phi) is 4.30. The summed E-state index contributed by atoms with van der Waals surface area (Å²) in [6.45, 7) is 3.14. The van der Waals surface area contributed by atoms with E-state index in [0.29, 0.717) is 12.0 Å². The van der Waals surface area contributed by atoms with Crippen LogP contribution < -0.4 is 4.90 Å². The molecule has 2 aromatic heterocycles. The second kappa shape index (κ2) is 6.99. The van der Waals surface area contributed by atoms with E-state index in [-0.39, 0.29) is 23.8 Å². The number of nitrogens with zero attached hydrogens (tertiary/aromatic N) is 4. The van der Waals surface area contributed by atoms with Crippen molar-refractivity contribution in [2.45, 2.75) is 38.3 Å². The topological polar surface area (TPSA) is 82.2 Å². The molecule has 7 heteroatoms. The molecule has 0 spiro atoms. The van der Waals surface area contributed by atoms with Crippen molar-refractivity contribution in [3.05, 3.63) is 54.0 Å². The van der Waals surface area contributed by atoms with Gasteiger partial charge >= 0.3 is 0 Å². The molecular weight excluding hydrogens is 366 g/mol. The van der Waals surface area contributed by atoms with Crippen LogP contribution in [0.3, 0.4) is 0 Å². The van der Waals surface area contributed by atoms with Gasteiger partial charge in [0.15, 0.2) is 0 Å². The van der Waals surface area contributed by atoms with Crippen molar-refractivity contribution in [3.63, 3.8) is 0 Å². The largest absolute Gasteiger partial charge is 0.352 e. The smallest absolute Gasteiger partial charge is 0.254 e. The molecule has 2 saturated heterocycles. The Morgan fingerprint density at radius 2 is 1.79 bits per heavy atom. The lowest BCUT2D eigenvalue weighted by Crippen LogP contribution is -2.56. The number of hydrogen-bond acceptors (Lipinski definition) is 5. The second-order valence-electron chi connectivity index (χ2n) is 8.02. The van der Waals surface area contributed by atoms with Crippen LogP contribution in [0, 0.1) is 0 Å². The van der Waals surface area contributed by atoms with E-state index in [1.165, 1.54) is 0 Å². The van der Waals surface area contributed by atoms with Crippen molar-refractivity contribution in [1.29, 1.82) is 0 Å². The first kappa shape index (κ1) is 17.8. The summed E-state index contributed by atoms with van der Waals surface area (Å²) < 4.78 is 0. The van der Waals surface area contributed by atoms with E-state index in [0.717, 1.165) is 48.3 Å². The molecule has 0 unspecified atom stereocenters. The van der Waals surface area contributed by atoms with Gasteiger partial charge in [-0.05, 0) is 43.5 Å². The van der Waals surface area contributed by atoms with Gasteiger partial charge in [-0.1, -0.05) is 12.1 Å². The van der Waals surface area contributed by atoms with Gasteiger partial charge in [0.25, 0.3) is 5.91 Å². The zero-order valence-electron chi connectivity index (χ0n) is 16.3. The van der Waals surface area contributed by atoms with Crippen LogP contribution in [-0.2, 0) is 11.2 Å². The molecule has 5 rings (SSSR count). The standard InChI is InChI=1S/C22H23N5O2/c1-14(28)10-15-2-4-16(5-3-15)22(29)27-17-6-7-18(27)12-26(11-17)21-19-8-9-23-20(19)24-13-25-21/h2-5,8-9,13,17-18H,6-7,10-12H2,1H3,(H,23,24,25)/t17-,18-/m1/s1. The Morgan fingerprint density at radius 1 is 1.07 bits per heavy atom. The Hall–Kier alpha value is -3.22. The number of H-pyrrole nitrogens is 1. The van der Waals surface area contributed by atoms with E-state index in [9.17, 15) is 9.59 Å². The quantitative estimate of drug-likeness (QED) is 0.742. The van der Waals surface area contributed by atoms with Crippen molar-refractivity contribution >= 4 is 28.5 Å². The molecule has 1 N–H and O–H groups in total. The minimum Gasteiger partial charge on any atom is -0.352 e. The van der Waals surface area contributed by atoms with Gasteiger partial charge in [0.1, 0.15) is 23.6 Å². The third-order valence-electron chi connectivity index (χ3n) is 6.00. The van der Waals surface area contributed by atoms with E-state index in [4.69, 9.17) is 0 Å². The molecule has 1 aromatic carbocycles. The van der Waals surface area contributed by atoms with E-state index in [1.807, 2.05) is 36.5 Å². The number of aromatic amines is 1. The lowest BCUT2D eigenvalue weighted by molar-refractivity contribution is -0.116. The third-order valence-corrected chi connectivity index (χ3v) is 6.00. The van der Waals surface area contributed by atoms with Crippen LogP contribution >= 0.6 is 0 Å². The molecule has 1 amide bonds.